The standard InChI is InChI=1S/C22H29NO4S/c1-7-27-21(25)16-12-18(14(2)13-22(3,4)5)28-20(16)23-19(24)15-10-8-9-11-17(15)26-6/h8-12,14H,7,13H2,1-6H3,(H,23,24)/t14-/m0/s1. The van der Waals surface area contributed by atoms with Crippen LogP contribution in [0, 0.1) is 5.41 Å². The van der Waals surface area contributed by atoms with Gasteiger partial charge in [-0.2, -0.15) is 0 Å². The predicted octanol–water partition coefficient (Wildman–Crippen LogP) is 5.73. The Kier molecular flexibility index (Phi) is 7.24. The van der Waals surface area contributed by atoms with Crippen molar-refractivity contribution in [2.45, 2.75) is 47.0 Å². The van der Waals surface area contributed by atoms with Crippen LogP contribution in [0.25, 0.3) is 0 Å². The first kappa shape index (κ1) is 22.0. The molecule has 0 spiro atoms. The van der Waals surface area contributed by atoms with Crippen LogP contribution in [0.5, 0.6) is 5.75 Å². The van der Waals surface area contributed by atoms with Gasteiger partial charge in [-0.15, -0.1) is 11.3 Å². The number of rotatable bonds is 7. The third-order valence-electron chi connectivity index (χ3n) is 4.23. The molecule has 0 bridgehead atoms. The molecule has 28 heavy (non-hydrogen) atoms. The Morgan fingerprint density at radius 1 is 1.18 bits per heavy atom. The van der Waals surface area contributed by atoms with Crippen LogP contribution in [-0.2, 0) is 4.74 Å². The van der Waals surface area contributed by atoms with Crippen molar-refractivity contribution in [2.24, 2.45) is 5.41 Å². The number of methoxy groups -OCH3 is 1. The van der Waals surface area contributed by atoms with Gasteiger partial charge >= 0.3 is 5.97 Å². The van der Waals surface area contributed by atoms with Crippen LogP contribution < -0.4 is 10.1 Å². The second-order valence-electron chi connectivity index (χ2n) is 7.93. The molecule has 0 saturated carbocycles. The molecule has 2 rings (SSSR count). The number of hydrogen-bond acceptors (Lipinski definition) is 5. The van der Waals surface area contributed by atoms with E-state index in [9.17, 15) is 9.59 Å². The number of thiophene rings is 1. The van der Waals surface area contributed by atoms with Gasteiger partial charge in [0.15, 0.2) is 0 Å². The van der Waals surface area contributed by atoms with Gasteiger partial charge in [-0.25, -0.2) is 4.79 Å². The molecule has 1 aromatic heterocycles. The Hall–Kier alpha value is -2.34. The molecule has 0 fully saturated rings. The smallest absolute Gasteiger partial charge is 0.341 e. The van der Waals surface area contributed by atoms with Crippen molar-refractivity contribution in [3.8, 4) is 5.75 Å². The summed E-state index contributed by atoms with van der Waals surface area (Å²) in [6, 6.07) is 8.84. The number of anilines is 1. The van der Waals surface area contributed by atoms with Crippen molar-refractivity contribution >= 4 is 28.2 Å². The fourth-order valence-electron chi connectivity index (χ4n) is 3.13. The Morgan fingerprint density at radius 3 is 2.46 bits per heavy atom. The fraction of sp³-hybridized carbons (Fsp3) is 0.455. The zero-order valence-electron chi connectivity index (χ0n) is 17.4. The van der Waals surface area contributed by atoms with Gasteiger partial charge in [-0.1, -0.05) is 39.8 Å². The summed E-state index contributed by atoms with van der Waals surface area (Å²) in [5.74, 6) is -0.00573. The van der Waals surface area contributed by atoms with Crippen LogP contribution in [0.1, 0.15) is 72.6 Å². The molecular weight excluding hydrogens is 374 g/mol. The van der Waals surface area contributed by atoms with E-state index in [-0.39, 0.29) is 23.8 Å². The van der Waals surface area contributed by atoms with E-state index < -0.39 is 5.97 Å². The molecule has 0 aliphatic heterocycles. The molecule has 1 aromatic carbocycles. The zero-order chi connectivity index (χ0) is 20.9. The van der Waals surface area contributed by atoms with E-state index in [1.807, 2.05) is 6.07 Å². The summed E-state index contributed by atoms with van der Waals surface area (Å²) in [7, 11) is 1.52. The second-order valence-corrected chi connectivity index (χ2v) is 9.02. The monoisotopic (exact) mass is 403 g/mol. The summed E-state index contributed by atoms with van der Waals surface area (Å²) >= 11 is 1.43. The summed E-state index contributed by atoms with van der Waals surface area (Å²) in [6.07, 6.45) is 0.968. The first-order valence-corrected chi connectivity index (χ1v) is 10.2. The SMILES string of the molecule is CCOC(=O)c1cc([C@@H](C)CC(C)(C)C)sc1NC(=O)c1ccccc1OC. The van der Waals surface area contributed by atoms with Crippen molar-refractivity contribution < 1.29 is 19.1 Å². The van der Waals surface area contributed by atoms with E-state index in [4.69, 9.17) is 9.47 Å². The van der Waals surface area contributed by atoms with E-state index in [2.05, 4.69) is 33.0 Å². The minimum absolute atomic E-state index is 0.161. The number of carbonyl (C=O) groups is 2. The normalized spacial score (nSPS) is 12.4. The van der Waals surface area contributed by atoms with E-state index in [0.29, 0.717) is 21.9 Å². The average molecular weight is 404 g/mol. The third kappa shape index (κ3) is 5.58. The van der Waals surface area contributed by atoms with Gasteiger partial charge in [0.25, 0.3) is 5.91 Å². The van der Waals surface area contributed by atoms with Gasteiger partial charge in [-0.3, -0.25) is 4.79 Å². The van der Waals surface area contributed by atoms with Crippen molar-refractivity contribution in [3.05, 3.63) is 46.3 Å². The Bertz CT molecular complexity index is 835. The first-order chi connectivity index (χ1) is 13.2. The maximum Gasteiger partial charge on any atom is 0.341 e. The lowest BCUT2D eigenvalue weighted by Crippen LogP contribution is -2.15. The predicted molar refractivity (Wildman–Crippen MR) is 114 cm³/mol. The molecule has 1 heterocycles. The summed E-state index contributed by atoms with van der Waals surface area (Å²) in [6.45, 7) is 10.7. The first-order valence-electron chi connectivity index (χ1n) is 9.41. The maximum absolute atomic E-state index is 12.8. The lowest BCUT2D eigenvalue weighted by atomic mass is 9.85. The number of carbonyl (C=O) groups excluding carboxylic acids is 2. The molecule has 152 valence electrons. The molecule has 0 saturated heterocycles. The number of esters is 1. The second kappa shape index (κ2) is 9.24. The summed E-state index contributed by atoms with van der Waals surface area (Å²) in [5, 5.41) is 3.38. The van der Waals surface area contributed by atoms with Crippen LogP contribution in [0.3, 0.4) is 0 Å². The lowest BCUT2D eigenvalue weighted by Gasteiger charge is -2.22. The largest absolute Gasteiger partial charge is 0.496 e. The molecule has 1 atom stereocenters. The van der Waals surface area contributed by atoms with Gasteiger partial charge in [0.1, 0.15) is 10.8 Å². The fourth-order valence-corrected chi connectivity index (χ4v) is 4.22. The Morgan fingerprint density at radius 2 is 1.86 bits per heavy atom. The highest BCUT2D eigenvalue weighted by molar-refractivity contribution is 7.16. The Balaban J connectivity index is 2.35. The number of amides is 1. The zero-order valence-corrected chi connectivity index (χ0v) is 18.2. The van der Waals surface area contributed by atoms with Crippen molar-refractivity contribution in [1.82, 2.24) is 0 Å². The molecule has 1 amide bonds. The number of benzene rings is 1. The number of hydrogen-bond donors (Lipinski definition) is 1. The maximum atomic E-state index is 12.8. The molecule has 0 aliphatic rings. The molecule has 5 nitrogen and oxygen atoms in total. The van der Waals surface area contributed by atoms with Gasteiger partial charge in [0.05, 0.1) is 24.8 Å². The van der Waals surface area contributed by atoms with Crippen LogP contribution in [0.4, 0.5) is 5.00 Å². The van der Waals surface area contributed by atoms with Crippen LogP contribution in [0.2, 0.25) is 0 Å². The van der Waals surface area contributed by atoms with Gasteiger partial charge in [0, 0.05) is 4.88 Å². The van der Waals surface area contributed by atoms with Gasteiger partial charge < -0.3 is 14.8 Å². The van der Waals surface area contributed by atoms with Crippen molar-refractivity contribution in [3.63, 3.8) is 0 Å². The molecule has 6 heteroatoms. The molecule has 2 aromatic rings. The summed E-state index contributed by atoms with van der Waals surface area (Å²) in [5.41, 5.74) is 0.970. The minimum atomic E-state index is -0.428. The van der Waals surface area contributed by atoms with Crippen LogP contribution in [-0.4, -0.2) is 25.6 Å². The summed E-state index contributed by atoms with van der Waals surface area (Å²) < 4.78 is 10.5. The molecule has 0 radical (unpaired) electrons. The molecule has 0 aliphatic carbocycles. The van der Waals surface area contributed by atoms with E-state index in [1.165, 1.54) is 18.4 Å². The van der Waals surface area contributed by atoms with E-state index in [0.717, 1.165) is 11.3 Å². The van der Waals surface area contributed by atoms with Gasteiger partial charge in [-0.05, 0) is 42.9 Å². The lowest BCUT2D eigenvalue weighted by molar-refractivity contribution is 0.0528. The highest BCUT2D eigenvalue weighted by Gasteiger charge is 2.24. The van der Waals surface area contributed by atoms with Crippen LogP contribution >= 0.6 is 11.3 Å². The molecule has 1 N–H and O–H groups in total. The molecule has 0 unspecified atom stereocenters. The van der Waals surface area contributed by atoms with Crippen molar-refractivity contribution in [2.75, 3.05) is 19.0 Å². The number of nitrogens with one attached hydrogen (secondary N) is 1. The highest BCUT2D eigenvalue weighted by atomic mass is 32.1. The molecular formula is C22H29NO4S. The van der Waals surface area contributed by atoms with E-state index >= 15 is 0 Å². The Labute approximate surface area is 171 Å². The minimum Gasteiger partial charge on any atom is -0.496 e. The number of ether oxygens (including phenoxy) is 2. The average Bonchev–Trinajstić information content (AvgIpc) is 3.04. The van der Waals surface area contributed by atoms with E-state index in [1.54, 1.807) is 31.2 Å². The summed E-state index contributed by atoms with van der Waals surface area (Å²) in [4.78, 5) is 26.3. The van der Waals surface area contributed by atoms with Crippen LogP contribution in [0.15, 0.2) is 30.3 Å². The number of para-hydroxylation sites is 1. The third-order valence-corrected chi connectivity index (χ3v) is 5.51. The topological polar surface area (TPSA) is 64.6 Å². The van der Waals surface area contributed by atoms with Gasteiger partial charge in [0.2, 0.25) is 0 Å². The quantitative estimate of drug-likeness (QED) is 0.600. The van der Waals surface area contributed by atoms with Crippen molar-refractivity contribution in [1.29, 1.82) is 0 Å². The highest BCUT2D eigenvalue weighted by Crippen LogP contribution is 2.39.